The zero-order valence-electron chi connectivity index (χ0n) is 11.7. The molecule has 1 fully saturated rings. The standard InChI is InChI=1S/C16H18N2O2/c1-11(2)20-15-6-4-3-5-12(15)9-13(10-17)16(19)18-14-7-8-14/h3-6,9,11,14H,7-8H2,1-2H3,(H,18,19)/b13-9+. The fourth-order valence-corrected chi connectivity index (χ4v) is 1.76. The molecule has 20 heavy (non-hydrogen) atoms. The summed E-state index contributed by atoms with van der Waals surface area (Å²) in [6.07, 6.45) is 3.61. The highest BCUT2D eigenvalue weighted by Gasteiger charge is 2.24. The van der Waals surface area contributed by atoms with Crippen molar-refractivity contribution in [1.29, 1.82) is 5.26 Å². The Morgan fingerprint density at radius 1 is 1.45 bits per heavy atom. The number of hydrogen-bond acceptors (Lipinski definition) is 3. The summed E-state index contributed by atoms with van der Waals surface area (Å²) in [6, 6.07) is 9.58. The number of nitrogens with one attached hydrogen (secondary N) is 1. The van der Waals surface area contributed by atoms with Crippen LogP contribution in [0.5, 0.6) is 5.75 Å². The lowest BCUT2D eigenvalue weighted by Crippen LogP contribution is -2.26. The van der Waals surface area contributed by atoms with Crippen LogP contribution in [0, 0.1) is 11.3 Å². The van der Waals surface area contributed by atoms with E-state index >= 15 is 0 Å². The molecule has 104 valence electrons. The molecule has 0 atom stereocenters. The number of carbonyl (C=O) groups is 1. The van der Waals surface area contributed by atoms with Crippen LogP contribution < -0.4 is 10.1 Å². The van der Waals surface area contributed by atoms with Gasteiger partial charge in [-0.15, -0.1) is 0 Å². The zero-order chi connectivity index (χ0) is 14.5. The molecule has 4 nitrogen and oxygen atoms in total. The third kappa shape index (κ3) is 3.86. The number of rotatable bonds is 5. The van der Waals surface area contributed by atoms with Gasteiger partial charge >= 0.3 is 0 Å². The average molecular weight is 270 g/mol. The SMILES string of the molecule is CC(C)Oc1ccccc1/C=C(\C#N)C(=O)NC1CC1. The van der Waals surface area contributed by atoms with Crippen LogP contribution in [0.25, 0.3) is 6.08 Å². The predicted molar refractivity (Wildman–Crippen MR) is 77.0 cm³/mol. The van der Waals surface area contributed by atoms with E-state index < -0.39 is 0 Å². The van der Waals surface area contributed by atoms with E-state index in [1.165, 1.54) is 0 Å². The minimum absolute atomic E-state index is 0.0374. The topological polar surface area (TPSA) is 62.1 Å². The third-order valence-electron chi connectivity index (χ3n) is 2.86. The largest absolute Gasteiger partial charge is 0.490 e. The van der Waals surface area contributed by atoms with Crippen LogP contribution in [0.15, 0.2) is 29.8 Å². The average Bonchev–Trinajstić information content (AvgIpc) is 3.20. The lowest BCUT2D eigenvalue weighted by molar-refractivity contribution is -0.117. The summed E-state index contributed by atoms with van der Waals surface area (Å²) in [6.45, 7) is 3.87. The van der Waals surface area contributed by atoms with Gasteiger partial charge in [0.15, 0.2) is 0 Å². The smallest absolute Gasteiger partial charge is 0.262 e. The van der Waals surface area contributed by atoms with Gasteiger partial charge in [0.25, 0.3) is 5.91 Å². The zero-order valence-corrected chi connectivity index (χ0v) is 11.7. The molecule has 2 rings (SSSR count). The van der Waals surface area contributed by atoms with E-state index in [0.29, 0.717) is 5.75 Å². The Balaban J connectivity index is 2.22. The van der Waals surface area contributed by atoms with Crippen LogP contribution in [0.1, 0.15) is 32.3 Å². The first-order valence-corrected chi connectivity index (χ1v) is 6.78. The second kappa shape index (κ2) is 6.25. The van der Waals surface area contributed by atoms with Crippen LogP contribution in [0.2, 0.25) is 0 Å². The maximum Gasteiger partial charge on any atom is 0.262 e. The molecule has 0 saturated heterocycles. The van der Waals surface area contributed by atoms with Gasteiger partial charge in [0.05, 0.1) is 6.10 Å². The third-order valence-corrected chi connectivity index (χ3v) is 2.86. The molecule has 1 saturated carbocycles. The molecule has 1 aliphatic carbocycles. The van der Waals surface area contributed by atoms with Gasteiger partial charge in [0, 0.05) is 11.6 Å². The van der Waals surface area contributed by atoms with Crippen LogP contribution in [-0.4, -0.2) is 18.1 Å². The summed E-state index contributed by atoms with van der Waals surface area (Å²) in [5, 5.41) is 12.0. The van der Waals surface area contributed by atoms with Crippen molar-refractivity contribution in [2.24, 2.45) is 0 Å². The number of nitrogens with zero attached hydrogens (tertiary/aromatic N) is 1. The highest BCUT2D eigenvalue weighted by atomic mass is 16.5. The molecule has 0 spiro atoms. The van der Waals surface area contributed by atoms with Crippen molar-refractivity contribution in [3.05, 3.63) is 35.4 Å². The number of amides is 1. The van der Waals surface area contributed by atoms with Gasteiger partial charge in [-0.2, -0.15) is 5.26 Å². The van der Waals surface area contributed by atoms with Gasteiger partial charge in [0.2, 0.25) is 0 Å². The molecule has 1 N–H and O–H groups in total. The van der Waals surface area contributed by atoms with Crippen molar-refractivity contribution in [1.82, 2.24) is 5.32 Å². The maximum absolute atomic E-state index is 11.9. The quantitative estimate of drug-likeness (QED) is 0.661. The Hall–Kier alpha value is -2.28. The summed E-state index contributed by atoms with van der Waals surface area (Å²) in [5.74, 6) is 0.365. The van der Waals surface area contributed by atoms with Crippen molar-refractivity contribution >= 4 is 12.0 Å². The molecular weight excluding hydrogens is 252 g/mol. The van der Waals surface area contributed by atoms with E-state index in [0.717, 1.165) is 18.4 Å². The summed E-state index contributed by atoms with van der Waals surface area (Å²) < 4.78 is 5.68. The maximum atomic E-state index is 11.9. The minimum Gasteiger partial charge on any atom is -0.490 e. The van der Waals surface area contributed by atoms with E-state index in [9.17, 15) is 4.79 Å². The number of nitriles is 1. The Bertz CT molecular complexity index is 566. The summed E-state index contributed by atoms with van der Waals surface area (Å²) >= 11 is 0. The second-order valence-electron chi connectivity index (χ2n) is 5.12. The number of ether oxygens (including phenoxy) is 1. The first kappa shape index (κ1) is 14.1. The minimum atomic E-state index is -0.311. The number of para-hydroxylation sites is 1. The Labute approximate surface area is 119 Å². The molecule has 0 bridgehead atoms. The van der Waals surface area contributed by atoms with Gasteiger partial charge < -0.3 is 10.1 Å². The second-order valence-corrected chi connectivity index (χ2v) is 5.12. The highest BCUT2D eigenvalue weighted by Crippen LogP contribution is 2.23. The summed E-state index contributed by atoms with van der Waals surface area (Å²) in [7, 11) is 0. The van der Waals surface area contributed by atoms with Crippen LogP contribution in [0.3, 0.4) is 0 Å². The van der Waals surface area contributed by atoms with Gasteiger partial charge in [0.1, 0.15) is 17.4 Å². The molecule has 0 unspecified atom stereocenters. The molecule has 0 aliphatic heterocycles. The number of hydrogen-bond donors (Lipinski definition) is 1. The van der Waals surface area contributed by atoms with Crippen LogP contribution >= 0.6 is 0 Å². The van der Waals surface area contributed by atoms with Gasteiger partial charge in [-0.3, -0.25) is 4.79 Å². The van der Waals surface area contributed by atoms with Gasteiger partial charge in [-0.1, -0.05) is 18.2 Å². The first-order chi connectivity index (χ1) is 9.60. The predicted octanol–water partition coefficient (Wildman–Crippen LogP) is 2.66. The lowest BCUT2D eigenvalue weighted by Gasteiger charge is -2.12. The fourth-order valence-electron chi connectivity index (χ4n) is 1.76. The highest BCUT2D eigenvalue weighted by molar-refractivity contribution is 6.02. The molecule has 1 aliphatic rings. The Morgan fingerprint density at radius 2 is 2.15 bits per heavy atom. The van der Waals surface area contributed by atoms with Gasteiger partial charge in [-0.25, -0.2) is 0 Å². The molecular formula is C16H18N2O2. The monoisotopic (exact) mass is 270 g/mol. The first-order valence-electron chi connectivity index (χ1n) is 6.78. The van der Waals surface area contributed by atoms with Crippen LogP contribution in [0.4, 0.5) is 0 Å². The molecule has 0 heterocycles. The molecule has 1 aromatic rings. The normalized spacial score (nSPS) is 14.8. The molecule has 1 aromatic carbocycles. The van der Waals surface area contributed by atoms with Crippen molar-refractivity contribution in [2.45, 2.75) is 38.8 Å². The fraction of sp³-hybridized carbons (Fsp3) is 0.375. The van der Waals surface area contributed by atoms with Crippen molar-refractivity contribution in [3.8, 4) is 11.8 Å². The van der Waals surface area contributed by atoms with E-state index in [-0.39, 0.29) is 23.6 Å². The molecule has 0 aromatic heterocycles. The van der Waals surface area contributed by atoms with E-state index in [4.69, 9.17) is 10.00 Å². The Morgan fingerprint density at radius 3 is 2.75 bits per heavy atom. The van der Waals surface area contributed by atoms with Crippen molar-refractivity contribution in [2.75, 3.05) is 0 Å². The number of carbonyl (C=O) groups excluding carboxylic acids is 1. The van der Waals surface area contributed by atoms with E-state index in [1.54, 1.807) is 6.08 Å². The summed E-state index contributed by atoms with van der Waals surface area (Å²) in [4.78, 5) is 11.9. The molecule has 0 radical (unpaired) electrons. The van der Waals surface area contributed by atoms with Gasteiger partial charge in [-0.05, 0) is 38.8 Å². The van der Waals surface area contributed by atoms with Crippen molar-refractivity contribution in [3.63, 3.8) is 0 Å². The summed E-state index contributed by atoms with van der Waals surface area (Å²) in [5.41, 5.74) is 0.848. The van der Waals surface area contributed by atoms with E-state index in [1.807, 2.05) is 44.2 Å². The number of benzene rings is 1. The molecule has 4 heteroatoms. The van der Waals surface area contributed by atoms with Crippen LogP contribution in [-0.2, 0) is 4.79 Å². The molecule has 1 amide bonds. The lowest BCUT2D eigenvalue weighted by atomic mass is 10.1. The van der Waals surface area contributed by atoms with E-state index in [2.05, 4.69) is 5.32 Å². The van der Waals surface area contributed by atoms with Crippen molar-refractivity contribution < 1.29 is 9.53 Å². The Kier molecular flexibility index (Phi) is 4.41.